The molecule has 1 saturated heterocycles. The molecule has 23 heavy (non-hydrogen) atoms. The van der Waals surface area contributed by atoms with Crippen molar-refractivity contribution in [2.24, 2.45) is 7.05 Å². The fraction of sp³-hybridized carbons (Fsp3) is 0.471. The van der Waals surface area contributed by atoms with E-state index in [9.17, 15) is 9.50 Å². The average Bonchev–Trinajstić information content (AvgIpc) is 2.88. The molecule has 0 spiro atoms. The Morgan fingerprint density at radius 1 is 1.48 bits per heavy atom. The molecule has 124 valence electrons. The summed E-state index contributed by atoms with van der Waals surface area (Å²) in [5.41, 5.74) is -0.940. The summed E-state index contributed by atoms with van der Waals surface area (Å²) < 4.78 is 21.2. The molecule has 3 rings (SSSR count). The molecule has 1 aromatic carbocycles. The molecule has 2 aromatic rings. The lowest BCUT2D eigenvalue weighted by molar-refractivity contribution is -0.0969. The summed E-state index contributed by atoms with van der Waals surface area (Å²) in [6.45, 7) is 3.80. The Hall–Kier alpha value is -1.92. The van der Waals surface area contributed by atoms with Gasteiger partial charge in [0.05, 0.1) is 6.54 Å². The Bertz CT molecular complexity index is 671. The van der Waals surface area contributed by atoms with Gasteiger partial charge >= 0.3 is 0 Å². The van der Waals surface area contributed by atoms with Crippen LogP contribution in [0.1, 0.15) is 19.2 Å². The van der Waals surface area contributed by atoms with Crippen LogP contribution in [0.4, 0.5) is 4.39 Å². The highest BCUT2D eigenvalue weighted by molar-refractivity contribution is 5.23. The number of ether oxygens (including phenoxy) is 1. The Balaban J connectivity index is 1.70. The van der Waals surface area contributed by atoms with E-state index in [1.807, 2.05) is 17.8 Å². The number of rotatable bonds is 4. The number of aryl methyl sites for hydroxylation is 1. The molecule has 6 heteroatoms. The van der Waals surface area contributed by atoms with E-state index in [1.54, 1.807) is 25.3 Å². The normalized spacial score (nSPS) is 25.5. The minimum absolute atomic E-state index is 0.345. The van der Waals surface area contributed by atoms with E-state index >= 15 is 0 Å². The lowest BCUT2D eigenvalue weighted by Gasteiger charge is -2.42. The molecule has 0 unspecified atom stereocenters. The second-order valence-electron chi connectivity index (χ2n) is 6.36. The SMILES string of the molecule is Cn1ccnc1CN1CC[C@@](C)(O)[C@H](Oc2cccc(F)c2)C1. The number of imidazole rings is 1. The topological polar surface area (TPSA) is 50.5 Å². The number of likely N-dealkylation sites (tertiary alicyclic amines) is 1. The summed E-state index contributed by atoms with van der Waals surface area (Å²) in [4.78, 5) is 6.53. The van der Waals surface area contributed by atoms with Crippen molar-refractivity contribution >= 4 is 0 Å². The van der Waals surface area contributed by atoms with Crippen LogP contribution < -0.4 is 4.74 Å². The lowest BCUT2D eigenvalue weighted by atomic mass is 9.90. The van der Waals surface area contributed by atoms with Gasteiger partial charge in [0.1, 0.15) is 29.1 Å². The van der Waals surface area contributed by atoms with Gasteiger partial charge in [-0.15, -0.1) is 0 Å². The van der Waals surface area contributed by atoms with Gasteiger partial charge in [0.2, 0.25) is 0 Å². The van der Waals surface area contributed by atoms with Crippen LogP contribution >= 0.6 is 0 Å². The Morgan fingerprint density at radius 3 is 3.00 bits per heavy atom. The molecule has 1 aromatic heterocycles. The fourth-order valence-corrected chi connectivity index (χ4v) is 2.83. The van der Waals surface area contributed by atoms with Crippen LogP contribution in [0.2, 0.25) is 0 Å². The largest absolute Gasteiger partial charge is 0.486 e. The van der Waals surface area contributed by atoms with Crippen LogP contribution in [-0.4, -0.2) is 44.4 Å². The molecular formula is C17H22FN3O2. The van der Waals surface area contributed by atoms with Gasteiger partial charge in [0.25, 0.3) is 0 Å². The molecule has 1 N–H and O–H groups in total. The smallest absolute Gasteiger partial charge is 0.140 e. The zero-order valence-electron chi connectivity index (χ0n) is 13.4. The molecular weight excluding hydrogens is 297 g/mol. The minimum atomic E-state index is -0.940. The number of aromatic nitrogens is 2. The highest BCUT2D eigenvalue weighted by atomic mass is 19.1. The maximum absolute atomic E-state index is 13.3. The van der Waals surface area contributed by atoms with Crippen molar-refractivity contribution in [1.82, 2.24) is 14.5 Å². The van der Waals surface area contributed by atoms with Crippen molar-refractivity contribution in [3.63, 3.8) is 0 Å². The van der Waals surface area contributed by atoms with Crippen LogP contribution in [0.3, 0.4) is 0 Å². The van der Waals surface area contributed by atoms with Gasteiger partial charge in [-0.1, -0.05) is 6.07 Å². The zero-order valence-corrected chi connectivity index (χ0v) is 13.4. The van der Waals surface area contributed by atoms with Crippen LogP contribution in [0.5, 0.6) is 5.75 Å². The summed E-state index contributed by atoms with van der Waals surface area (Å²) in [7, 11) is 1.96. The summed E-state index contributed by atoms with van der Waals surface area (Å²) >= 11 is 0. The average molecular weight is 319 g/mol. The molecule has 0 saturated carbocycles. The number of aliphatic hydroxyl groups is 1. The van der Waals surface area contributed by atoms with Crippen LogP contribution in [0.15, 0.2) is 36.7 Å². The van der Waals surface area contributed by atoms with Crippen molar-refractivity contribution in [1.29, 1.82) is 0 Å². The zero-order chi connectivity index (χ0) is 16.4. The van der Waals surface area contributed by atoms with Gasteiger partial charge in [-0.2, -0.15) is 0 Å². The molecule has 1 fully saturated rings. The summed E-state index contributed by atoms with van der Waals surface area (Å²) in [6.07, 6.45) is 3.86. The first-order valence-electron chi connectivity index (χ1n) is 7.77. The number of benzene rings is 1. The maximum Gasteiger partial charge on any atom is 0.140 e. The molecule has 0 aliphatic carbocycles. The Morgan fingerprint density at radius 2 is 2.30 bits per heavy atom. The van der Waals surface area contributed by atoms with Gasteiger partial charge < -0.3 is 14.4 Å². The van der Waals surface area contributed by atoms with Gasteiger partial charge in [-0.05, 0) is 25.5 Å². The van der Waals surface area contributed by atoms with E-state index in [0.717, 1.165) is 12.4 Å². The van der Waals surface area contributed by atoms with E-state index in [1.165, 1.54) is 12.1 Å². The van der Waals surface area contributed by atoms with E-state index in [2.05, 4.69) is 9.88 Å². The quantitative estimate of drug-likeness (QED) is 0.936. The maximum atomic E-state index is 13.3. The predicted octanol–water partition coefficient (Wildman–Crippen LogP) is 1.96. The molecule has 1 aliphatic rings. The Kier molecular flexibility index (Phi) is 4.37. The monoisotopic (exact) mass is 319 g/mol. The summed E-state index contributed by atoms with van der Waals surface area (Å²) in [5, 5.41) is 10.6. The Labute approximate surface area is 135 Å². The van der Waals surface area contributed by atoms with Crippen molar-refractivity contribution < 1.29 is 14.2 Å². The summed E-state index contributed by atoms with van der Waals surface area (Å²) in [6, 6.07) is 6.03. The summed E-state index contributed by atoms with van der Waals surface area (Å²) in [5.74, 6) is 1.06. The number of hydrogen-bond donors (Lipinski definition) is 1. The third kappa shape index (κ3) is 3.71. The van der Waals surface area contributed by atoms with E-state index in [0.29, 0.717) is 25.3 Å². The minimum Gasteiger partial charge on any atom is -0.486 e. The lowest BCUT2D eigenvalue weighted by Crippen LogP contribution is -2.56. The first-order chi connectivity index (χ1) is 10.9. The van der Waals surface area contributed by atoms with Gasteiger partial charge in [-0.25, -0.2) is 9.37 Å². The van der Waals surface area contributed by atoms with E-state index < -0.39 is 11.7 Å². The highest BCUT2D eigenvalue weighted by Gasteiger charge is 2.39. The van der Waals surface area contributed by atoms with E-state index in [-0.39, 0.29) is 5.82 Å². The first kappa shape index (κ1) is 16.0. The number of hydrogen-bond acceptors (Lipinski definition) is 4. The molecule has 0 amide bonds. The molecule has 0 radical (unpaired) electrons. The van der Waals surface area contributed by atoms with Gasteiger partial charge in [0, 0.05) is 38.6 Å². The first-order valence-corrected chi connectivity index (χ1v) is 7.77. The van der Waals surface area contributed by atoms with Gasteiger partial charge in [0.15, 0.2) is 0 Å². The number of halogens is 1. The van der Waals surface area contributed by atoms with Crippen LogP contribution in [0, 0.1) is 5.82 Å². The van der Waals surface area contributed by atoms with Crippen molar-refractivity contribution in [2.75, 3.05) is 13.1 Å². The van der Waals surface area contributed by atoms with Gasteiger partial charge in [-0.3, -0.25) is 4.90 Å². The van der Waals surface area contributed by atoms with Crippen LogP contribution in [0.25, 0.3) is 0 Å². The molecule has 0 bridgehead atoms. The van der Waals surface area contributed by atoms with E-state index in [4.69, 9.17) is 4.74 Å². The highest BCUT2D eigenvalue weighted by Crippen LogP contribution is 2.27. The number of nitrogens with zero attached hydrogens (tertiary/aromatic N) is 3. The molecule has 2 atom stereocenters. The van der Waals surface area contributed by atoms with Crippen molar-refractivity contribution in [3.8, 4) is 5.75 Å². The third-order valence-corrected chi connectivity index (χ3v) is 4.41. The standard InChI is InChI=1S/C17H22FN3O2/c1-17(22)6-8-21(12-16-19-7-9-20(16)2)11-15(17)23-14-5-3-4-13(18)10-14/h3-5,7,9-10,15,22H,6,8,11-12H2,1-2H3/t15-,17-/m1/s1. The second-order valence-corrected chi connectivity index (χ2v) is 6.36. The number of piperidine rings is 1. The second kappa shape index (κ2) is 6.29. The van der Waals surface area contributed by atoms with Crippen molar-refractivity contribution in [3.05, 3.63) is 48.3 Å². The fourth-order valence-electron chi connectivity index (χ4n) is 2.83. The predicted molar refractivity (Wildman–Crippen MR) is 84.5 cm³/mol. The molecule has 1 aliphatic heterocycles. The van der Waals surface area contributed by atoms with Crippen LogP contribution in [-0.2, 0) is 13.6 Å². The van der Waals surface area contributed by atoms with Crippen molar-refractivity contribution in [2.45, 2.75) is 31.6 Å². The molecule has 5 nitrogen and oxygen atoms in total. The third-order valence-electron chi connectivity index (χ3n) is 4.41. The molecule has 2 heterocycles.